The molecule has 6 heteroatoms. The molecule has 5 nitrogen and oxygen atoms in total. The van der Waals surface area contributed by atoms with Gasteiger partial charge in [-0.05, 0) is 47.8 Å². The molecule has 1 N–H and O–H groups in total. The quantitative estimate of drug-likeness (QED) is 0.794. The Labute approximate surface area is 179 Å². The van der Waals surface area contributed by atoms with Gasteiger partial charge in [0.2, 0.25) is 15.9 Å². The minimum Gasteiger partial charge on any atom is -0.342 e. The summed E-state index contributed by atoms with van der Waals surface area (Å²) in [7, 11) is -3.22. The summed E-state index contributed by atoms with van der Waals surface area (Å²) < 4.78 is 25.8. The molecule has 2 fully saturated rings. The van der Waals surface area contributed by atoms with E-state index in [1.807, 2.05) is 23.1 Å². The lowest BCUT2D eigenvalue weighted by Gasteiger charge is -2.21. The Balaban J connectivity index is 1.48. The Kier molecular flexibility index (Phi) is 5.98. The summed E-state index contributed by atoms with van der Waals surface area (Å²) in [6.07, 6.45) is 3.47. The number of rotatable bonds is 5. The molecule has 2 aliphatic rings. The lowest BCUT2D eigenvalue weighted by Crippen LogP contribution is -2.37. The standard InChI is InChI=1S/C24H30N2O3S/c1-17-22(21-13-7-6-12-20(21)18-9-4-3-5-10-18)23(17)24(27)26-15-8-11-19(14-16-26)25-30(2,28)29/h3-7,9-10,12-13,17,19,22-23,25H,8,11,14-16H2,1-2H3/t17-,19+,22+,23-/m1/s1. The van der Waals surface area contributed by atoms with Gasteiger partial charge in [-0.1, -0.05) is 61.5 Å². The van der Waals surface area contributed by atoms with Crippen LogP contribution in [0.4, 0.5) is 0 Å². The Morgan fingerprint density at radius 3 is 2.43 bits per heavy atom. The van der Waals surface area contributed by atoms with Gasteiger partial charge in [-0.2, -0.15) is 0 Å². The second kappa shape index (κ2) is 8.52. The lowest BCUT2D eigenvalue weighted by atomic mass is 9.95. The highest BCUT2D eigenvalue weighted by atomic mass is 32.2. The Hall–Kier alpha value is -2.18. The van der Waals surface area contributed by atoms with Crippen molar-refractivity contribution in [2.45, 2.75) is 38.1 Å². The highest BCUT2D eigenvalue weighted by Gasteiger charge is 2.54. The van der Waals surface area contributed by atoms with E-state index in [1.165, 1.54) is 22.9 Å². The lowest BCUT2D eigenvalue weighted by molar-refractivity contribution is -0.132. The zero-order valence-electron chi connectivity index (χ0n) is 17.6. The van der Waals surface area contributed by atoms with Crippen molar-refractivity contribution in [1.29, 1.82) is 0 Å². The molecule has 0 unspecified atom stereocenters. The molecular weight excluding hydrogens is 396 g/mol. The van der Waals surface area contributed by atoms with Crippen LogP contribution in [0.3, 0.4) is 0 Å². The average molecular weight is 427 g/mol. The van der Waals surface area contributed by atoms with Crippen molar-refractivity contribution >= 4 is 15.9 Å². The number of amides is 1. The normalized spacial score (nSPS) is 26.8. The molecule has 2 aromatic rings. The molecule has 160 valence electrons. The van der Waals surface area contributed by atoms with Crippen molar-refractivity contribution in [3.05, 3.63) is 60.2 Å². The van der Waals surface area contributed by atoms with Gasteiger partial charge in [-0.25, -0.2) is 13.1 Å². The SMILES string of the molecule is C[C@H]1[C@@H](C(=O)N2CCC[C@H](NS(C)(=O)=O)CC2)[C@@H]1c1ccccc1-c1ccccc1. The van der Waals surface area contributed by atoms with Crippen LogP contribution < -0.4 is 4.72 Å². The van der Waals surface area contributed by atoms with Gasteiger partial charge in [0.05, 0.1) is 6.26 Å². The van der Waals surface area contributed by atoms with E-state index in [0.29, 0.717) is 25.4 Å². The van der Waals surface area contributed by atoms with E-state index in [-0.39, 0.29) is 23.8 Å². The van der Waals surface area contributed by atoms with Crippen LogP contribution in [0.1, 0.15) is 37.7 Å². The van der Waals surface area contributed by atoms with Crippen LogP contribution in [-0.4, -0.2) is 44.6 Å². The smallest absolute Gasteiger partial charge is 0.226 e. The number of benzene rings is 2. The Morgan fingerprint density at radius 2 is 1.70 bits per heavy atom. The maximum atomic E-state index is 13.3. The summed E-state index contributed by atoms with van der Waals surface area (Å²) >= 11 is 0. The first-order valence-electron chi connectivity index (χ1n) is 10.8. The Bertz CT molecular complexity index is 1010. The van der Waals surface area contributed by atoms with E-state index in [4.69, 9.17) is 0 Å². The molecule has 0 radical (unpaired) electrons. The van der Waals surface area contributed by atoms with Crippen molar-refractivity contribution < 1.29 is 13.2 Å². The highest BCUT2D eigenvalue weighted by molar-refractivity contribution is 7.88. The fraction of sp³-hybridized carbons (Fsp3) is 0.458. The summed E-state index contributed by atoms with van der Waals surface area (Å²) in [6.45, 7) is 3.49. The van der Waals surface area contributed by atoms with Gasteiger partial charge in [0, 0.05) is 25.0 Å². The number of hydrogen-bond acceptors (Lipinski definition) is 3. The van der Waals surface area contributed by atoms with Gasteiger partial charge >= 0.3 is 0 Å². The molecule has 1 aliphatic heterocycles. The maximum Gasteiger partial charge on any atom is 0.226 e. The molecule has 4 atom stereocenters. The van der Waals surface area contributed by atoms with Gasteiger partial charge in [-0.15, -0.1) is 0 Å². The van der Waals surface area contributed by atoms with E-state index in [9.17, 15) is 13.2 Å². The average Bonchev–Trinajstić information content (AvgIpc) is 3.44. The van der Waals surface area contributed by atoms with Crippen LogP contribution >= 0.6 is 0 Å². The van der Waals surface area contributed by atoms with Crippen LogP contribution in [0, 0.1) is 11.8 Å². The summed E-state index contributed by atoms with van der Waals surface area (Å²) in [4.78, 5) is 15.3. The molecule has 0 aromatic heterocycles. The number of carbonyl (C=O) groups excluding carboxylic acids is 1. The molecule has 30 heavy (non-hydrogen) atoms. The van der Waals surface area contributed by atoms with E-state index >= 15 is 0 Å². The zero-order chi connectivity index (χ0) is 21.3. The molecule has 1 amide bonds. The third-order valence-electron chi connectivity index (χ3n) is 6.49. The van der Waals surface area contributed by atoms with Crippen molar-refractivity contribution in [1.82, 2.24) is 9.62 Å². The summed E-state index contributed by atoms with van der Waals surface area (Å²) in [6, 6.07) is 18.7. The van der Waals surface area contributed by atoms with Crippen LogP contribution in [0.15, 0.2) is 54.6 Å². The minimum absolute atomic E-state index is 0.00859. The highest BCUT2D eigenvalue weighted by Crippen LogP contribution is 2.56. The van der Waals surface area contributed by atoms with Gasteiger partial charge in [0.1, 0.15) is 0 Å². The molecule has 1 saturated heterocycles. The van der Waals surface area contributed by atoms with Gasteiger partial charge in [-0.3, -0.25) is 4.79 Å². The number of likely N-dealkylation sites (tertiary alicyclic amines) is 1. The largest absolute Gasteiger partial charge is 0.342 e. The monoisotopic (exact) mass is 426 g/mol. The first-order chi connectivity index (χ1) is 14.3. The fourth-order valence-electron chi connectivity index (χ4n) is 4.93. The number of nitrogens with one attached hydrogen (secondary N) is 1. The second-order valence-electron chi connectivity index (χ2n) is 8.71. The van der Waals surface area contributed by atoms with Crippen molar-refractivity contribution in [2.24, 2.45) is 11.8 Å². The third kappa shape index (κ3) is 4.60. The van der Waals surface area contributed by atoms with E-state index in [1.54, 1.807) is 0 Å². The number of sulfonamides is 1. The predicted molar refractivity (Wildman–Crippen MR) is 119 cm³/mol. The second-order valence-corrected chi connectivity index (χ2v) is 10.5. The minimum atomic E-state index is -3.22. The van der Waals surface area contributed by atoms with Gasteiger partial charge in [0.15, 0.2) is 0 Å². The maximum absolute atomic E-state index is 13.3. The molecule has 1 saturated carbocycles. The summed E-state index contributed by atoms with van der Waals surface area (Å²) in [5, 5.41) is 0. The summed E-state index contributed by atoms with van der Waals surface area (Å²) in [5.74, 6) is 0.780. The van der Waals surface area contributed by atoms with E-state index in [2.05, 4.69) is 48.0 Å². The molecule has 4 rings (SSSR count). The predicted octanol–water partition coefficient (Wildman–Crippen LogP) is 3.63. The first-order valence-corrected chi connectivity index (χ1v) is 12.6. The zero-order valence-corrected chi connectivity index (χ0v) is 18.4. The van der Waals surface area contributed by atoms with Gasteiger partial charge < -0.3 is 4.90 Å². The topological polar surface area (TPSA) is 66.5 Å². The molecule has 0 bridgehead atoms. The van der Waals surface area contributed by atoms with Crippen molar-refractivity contribution in [2.75, 3.05) is 19.3 Å². The number of nitrogens with zero attached hydrogens (tertiary/aromatic N) is 1. The number of carbonyl (C=O) groups is 1. The fourth-order valence-corrected chi connectivity index (χ4v) is 5.78. The van der Waals surface area contributed by atoms with Gasteiger partial charge in [0.25, 0.3) is 0 Å². The Morgan fingerprint density at radius 1 is 1.00 bits per heavy atom. The molecule has 2 aromatic carbocycles. The van der Waals surface area contributed by atoms with Crippen LogP contribution in [0.5, 0.6) is 0 Å². The molecule has 1 aliphatic carbocycles. The van der Waals surface area contributed by atoms with Crippen molar-refractivity contribution in [3.8, 4) is 11.1 Å². The van der Waals surface area contributed by atoms with Crippen LogP contribution in [0.2, 0.25) is 0 Å². The summed E-state index contributed by atoms with van der Waals surface area (Å²) in [5.41, 5.74) is 3.64. The van der Waals surface area contributed by atoms with Crippen molar-refractivity contribution in [3.63, 3.8) is 0 Å². The van der Waals surface area contributed by atoms with E-state index in [0.717, 1.165) is 12.8 Å². The molecular formula is C24H30N2O3S. The first kappa shape index (κ1) is 21.1. The third-order valence-corrected chi connectivity index (χ3v) is 7.25. The van der Waals surface area contributed by atoms with Crippen LogP contribution in [0.25, 0.3) is 11.1 Å². The number of hydrogen-bond donors (Lipinski definition) is 1. The molecule has 0 spiro atoms. The van der Waals surface area contributed by atoms with E-state index < -0.39 is 10.0 Å². The van der Waals surface area contributed by atoms with Crippen LogP contribution in [-0.2, 0) is 14.8 Å². The molecule has 1 heterocycles.